The third kappa shape index (κ3) is 2.32. The van der Waals surface area contributed by atoms with E-state index in [1.807, 2.05) is 37.7 Å². The number of hydrogen-bond acceptors (Lipinski definition) is 3. The van der Waals surface area contributed by atoms with Gasteiger partial charge in [0.2, 0.25) is 0 Å². The van der Waals surface area contributed by atoms with E-state index in [0.717, 1.165) is 23.6 Å². The highest BCUT2D eigenvalue weighted by Crippen LogP contribution is 2.21. The van der Waals surface area contributed by atoms with Gasteiger partial charge in [-0.2, -0.15) is 5.10 Å². The van der Waals surface area contributed by atoms with Gasteiger partial charge in [-0.05, 0) is 38.5 Å². The maximum Gasteiger partial charge on any atom is 0.0646 e. The zero-order chi connectivity index (χ0) is 13.3. The largest absolute Gasteiger partial charge is 0.397 e. The molecule has 1 heterocycles. The van der Waals surface area contributed by atoms with Crippen LogP contribution in [0.5, 0.6) is 0 Å². The van der Waals surface area contributed by atoms with Crippen LogP contribution >= 0.6 is 0 Å². The summed E-state index contributed by atoms with van der Waals surface area (Å²) in [6.45, 7) is 6.90. The van der Waals surface area contributed by atoms with Crippen LogP contribution in [0.15, 0.2) is 18.2 Å². The molecule has 1 aromatic heterocycles. The van der Waals surface area contributed by atoms with Crippen LogP contribution in [0.3, 0.4) is 0 Å². The Balaban J connectivity index is 2.16. The Labute approximate surface area is 108 Å². The maximum atomic E-state index is 5.98. The van der Waals surface area contributed by atoms with Crippen LogP contribution < -0.4 is 11.1 Å². The Morgan fingerprint density at radius 2 is 2.00 bits per heavy atom. The predicted octanol–water partition coefficient (Wildman–Crippen LogP) is 2.54. The van der Waals surface area contributed by atoms with Gasteiger partial charge in [-0.15, -0.1) is 0 Å². The molecule has 2 aromatic rings. The Bertz CT molecular complexity index is 569. The highest BCUT2D eigenvalue weighted by atomic mass is 15.3. The third-order valence-electron chi connectivity index (χ3n) is 3.32. The molecule has 0 atom stereocenters. The topological polar surface area (TPSA) is 55.9 Å². The highest BCUT2D eigenvalue weighted by Gasteiger charge is 2.09. The number of aromatic nitrogens is 2. The number of benzene rings is 1. The summed E-state index contributed by atoms with van der Waals surface area (Å²) in [5, 5.41) is 7.78. The predicted molar refractivity (Wildman–Crippen MR) is 75.6 cm³/mol. The van der Waals surface area contributed by atoms with Gasteiger partial charge in [0.15, 0.2) is 0 Å². The molecular formula is C14H20N4. The van der Waals surface area contributed by atoms with E-state index in [1.54, 1.807) is 0 Å². The first-order chi connectivity index (χ1) is 8.49. The summed E-state index contributed by atoms with van der Waals surface area (Å²) in [6.07, 6.45) is 0. The summed E-state index contributed by atoms with van der Waals surface area (Å²) in [7, 11) is 1.96. The lowest BCUT2D eigenvalue weighted by atomic mass is 10.1. The molecule has 0 amide bonds. The Morgan fingerprint density at radius 3 is 2.56 bits per heavy atom. The van der Waals surface area contributed by atoms with Crippen molar-refractivity contribution in [1.82, 2.24) is 9.78 Å². The van der Waals surface area contributed by atoms with Crippen molar-refractivity contribution in [3.8, 4) is 0 Å². The molecular weight excluding hydrogens is 224 g/mol. The van der Waals surface area contributed by atoms with E-state index in [-0.39, 0.29) is 0 Å². The second-order valence-electron chi connectivity index (χ2n) is 4.72. The summed E-state index contributed by atoms with van der Waals surface area (Å²) < 4.78 is 1.91. The first kappa shape index (κ1) is 12.5. The van der Waals surface area contributed by atoms with Gasteiger partial charge in [-0.3, -0.25) is 4.68 Å². The van der Waals surface area contributed by atoms with Gasteiger partial charge >= 0.3 is 0 Å². The number of nitrogen functional groups attached to an aromatic ring is 1. The molecule has 0 saturated carbocycles. The smallest absolute Gasteiger partial charge is 0.0646 e. The molecule has 0 fully saturated rings. The summed E-state index contributed by atoms with van der Waals surface area (Å²) >= 11 is 0. The van der Waals surface area contributed by atoms with E-state index >= 15 is 0 Å². The van der Waals surface area contributed by atoms with Crippen molar-refractivity contribution in [3.63, 3.8) is 0 Å². The molecule has 0 spiro atoms. The number of aryl methyl sites for hydroxylation is 3. The highest BCUT2D eigenvalue weighted by molar-refractivity contribution is 5.67. The normalized spacial score (nSPS) is 10.7. The van der Waals surface area contributed by atoms with E-state index < -0.39 is 0 Å². The molecule has 0 unspecified atom stereocenters. The number of hydrogen-bond donors (Lipinski definition) is 2. The van der Waals surface area contributed by atoms with Crippen molar-refractivity contribution in [1.29, 1.82) is 0 Å². The number of nitrogens with zero attached hydrogens (tertiary/aromatic N) is 2. The van der Waals surface area contributed by atoms with E-state index in [9.17, 15) is 0 Å². The van der Waals surface area contributed by atoms with E-state index in [1.165, 1.54) is 16.8 Å². The standard InChI is InChI=1S/C14H20N4/c1-9-5-6-14(13(15)7-9)16-8-12-10(2)17-18(4)11(12)3/h5-7,16H,8,15H2,1-4H3. The monoisotopic (exact) mass is 244 g/mol. The zero-order valence-corrected chi connectivity index (χ0v) is 11.4. The zero-order valence-electron chi connectivity index (χ0n) is 11.4. The van der Waals surface area contributed by atoms with E-state index in [4.69, 9.17) is 5.73 Å². The summed E-state index contributed by atoms with van der Waals surface area (Å²) in [5.74, 6) is 0. The molecule has 0 saturated heterocycles. The van der Waals surface area contributed by atoms with Crippen LogP contribution in [0.2, 0.25) is 0 Å². The molecule has 4 nitrogen and oxygen atoms in total. The first-order valence-electron chi connectivity index (χ1n) is 6.08. The molecule has 1 aromatic carbocycles. The van der Waals surface area contributed by atoms with Crippen molar-refractivity contribution in [2.24, 2.45) is 7.05 Å². The minimum absolute atomic E-state index is 0.749. The molecule has 0 radical (unpaired) electrons. The summed E-state index contributed by atoms with van der Waals surface area (Å²) in [4.78, 5) is 0. The van der Waals surface area contributed by atoms with Gasteiger partial charge < -0.3 is 11.1 Å². The average Bonchev–Trinajstić information content (AvgIpc) is 2.53. The van der Waals surface area contributed by atoms with Crippen molar-refractivity contribution in [2.45, 2.75) is 27.3 Å². The van der Waals surface area contributed by atoms with Gasteiger partial charge in [-0.25, -0.2) is 0 Å². The summed E-state index contributed by atoms with van der Waals surface area (Å²) in [5.41, 5.74) is 12.4. The van der Waals surface area contributed by atoms with E-state index in [0.29, 0.717) is 0 Å². The first-order valence-corrected chi connectivity index (χ1v) is 6.08. The Kier molecular flexibility index (Phi) is 3.28. The van der Waals surface area contributed by atoms with Crippen molar-refractivity contribution in [2.75, 3.05) is 11.1 Å². The van der Waals surface area contributed by atoms with E-state index in [2.05, 4.69) is 23.4 Å². The third-order valence-corrected chi connectivity index (χ3v) is 3.32. The lowest BCUT2D eigenvalue weighted by molar-refractivity contribution is 0.730. The van der Waals surface area contributed by atoms with Gasteiger partial charge in [-0.1, -0.05) is 6.07 Å². The molecule has 18 heavy (non-hydrogen) atoms. The quantitative estimate of drug-likeness (QED) is 0.816. The van der Waals surface area contributed by atoms with Crippen LogP contribution in [-0.4, -0.2) is 9.78 Å². The SMILES string of the molecule is Cc1ccc(NCc2c(C)nn(C)c2C)c(N)c1. The van der Waals surface area contributed by atoms with Crippen LogP contribution in [0, 0.1) is 20.8 Å². The number of anilines is 2. The van der Waals surface area contributed by atoms with Gasteiger partial charge in [0.25, 0.3) is 0 Å². The Hall–Kier alpha value is -1.97. The van der Waals surface area contributed by atoms with Gasteiger partial charge in [0, 0.05) is 24.8 Å². The van der Waals surface area contributed by atoms with Crippen molar-refractivity contribution in [3.05, 3.63) is 40.7 Å². The van der Waals surface area contributed by atoms with Crippen molar-refractivity contribution >= 4 is 11.4 Å². The second kappa shape index (κ2) is 4.72. The minimum atomic E-state index is 0.749. The average molecular weight is 244 g/mol. The fourth-order valence-electron chi connectivity index (χ4n) is 2.10. The molecule has 0 bridgehead atoms. The Morgan fingerprint density at radius 1 is 1.28 bits per heavy atom. The number of nitrogens with two attached hydrogens (primary N) is 1. The summed E-state index contributed by atoms with van der Waals surface area (Å²) in [6, 6.07) is 6.05. The number of rotatable bonds is 3. The van der Waals surface area contributed by atoms with Gasteiger partial charge in [0.05, 0.1) is 17.1 Å². The number of nitrogens with one attached hydrogen (secondary N) is 1. The fourth-order valence-corrected chi connectivity index (χ4v) is 2.10. The lowest BCUT2D eigenvalue weighted by Gasteiger charge is -2.10. The van der Waals surface area contributed by atoms with Gasteiger partial charge in [0.1, 0.15) is 0 Å². The molecule has 0 aliphatic carbocycles. The van der Waals surface area contributed by atoms with Crippen LogP contribution in [0.25, 0.3) is 0 Å². The fraction of sp³-hybridized carbons (Fsp3) is 0.357. The van der Waals surface area contributed by atoms with Crippen LogP contribution in [0.4, 0.5) is 11.4 Å². The lowest BCUT2D eigenvalue weighted by Crippen LogP contribution is -2.04. The second-order valence-corrected chi connectivity index (χ2v) is 4.72. The van der Waals surface area contributed by atoms with Crippen LogP contribution in [0.1, 0.15) is 22.5 Å². The minimum Gasteiger partial charge on any atom is -0.397 e. The molecule has 4 heteroatoms. The molecule has 0 aliphatic rings. The molecule has 2 rings (SSSR count). The maximum absolute atomic E-state index is 5.98. The van der Waals surface area contributed by atoms with Crippen molar-refractivity contribution < 1.29 is 0 Å². The molecule has 3 N–H and O–H groups in total. The molecule has 0 aliphatic heterocycles. The molecule has 96 valence electrons. The van der Waals surface area contributed by atoms with Crippen LogP contribution in [-0.2, 0) is 13.6 Å².